The lowest BCUT2D eigenvalue weighted by atomic mass is 9.96. The minimum atomic E-state index is -0.0539. The minimum Gasteiger partial charge on any atom is -0.381 e. The minimum absolute atomic E-state index is 0.0539. The molecule has 5 rings (SSSR count). The summed E-state index contributed by atoms with van der Waals surface area (Å²) in [6, 6.07) is 16.4. The monoisotopic (exact) mass is 459 g/mol. The molecule has 1 aromatic heterocycles. The van der Waals surface area contributed by atoms with Gasteiger partial charge in [-0.25, -0.2) is 4.98 Å². The van der Waals surface area contributed by atoms with Crippen LogP contribution in [0.25, 0.3) is 22.2 Å². The van der Waals surface area contributed by atoms with E-state index in [0.29, 0.717) is 18.0 Å². The molecule has 0 radical (unpaired) electrons. The van der Waals surface area contributed by atoms with E-state index in [1.54, 1.807) is 0 Å². The number of hydrogen-bond donors (Lipinski definition) is 1. The van der Waals surface area contributed by atoms with E-state index in [0.717, 1.165) is 73.7 Å². The highest BCUT2D eigenvalue weighted by Gasteiger charge is 2.32. The van der Waals surface area contributed by atoms with E-state index in [1.165, 1.54) is 5.56 Å². The van der Waals surface area contributed by atoms with Gasteiger partial charge in [-0.1, -0.05) is 42.0 Å². The van der Waals surface area contributed by atoms with E-state index in [-0.39, 0.29) is 11.9 Å². The molecule has 2 aliphatic heterocycles. The van der Waals surface area contributed by atoms with Gasteiger partial charge in [-0.05, 0) is 38.0 Å². The number of carbonyl (C=O) groups is 1. The molecule has 2 aromatic carbocycles. The summed E-state index contributed by atoms with van der Waals surface area (Å²) in [5.74, 6) is 0.375. The Labute approximate surface area is 201 Å². The molecule has 2 saturated heterocycles. The van der Waals surface area contributed by atoms with Gasteiger partial charge in [0.1, 0.15) is 0 Å². The molecule has 1 N–H and O–H groups in total. The Hall–Kier alpha value is -2.80. The van der Waals surface area contributed by atoms with Crippen LogP contribution >= 0.6 is 0 Å². The number of para-hydroxylation sites is 1. The second kappa shape index (κ2) is 10.2. The van der Waals surface area contributed by atoms with Crippen molar-refractivity contribution >= 4 is 16.8 Å². The van der Waals surface area contributed by atoms with Crippen molar-refractivity contribution in [1.29, 1.82) is 0 Å². The summed E-state index contributed by atoms with van der Waals surface area (Å²) in [5.41, 5.74) is 5.76. The van der Waals surface area contributed by atoms with Gasteiger partial charge >= 0.3 is 0 Å². The molecule has 0 saturated carbocycles. The zero-order valence-electron chi connectivity index (χ0n) is 20.0. The molecule has 2 fully saturated rings. The first-order chi connectivity index (χ1) is 16.6. The molecule has 3 heterocycles. The molecule has 0 aliphatic carbocycles. The van der Waals surface area contributed by atoms with Crippen LogP contribution in [0, 0.1) is 19.8 Å². The van der Waals surface area contributed by atoms with E-state index in [2.05, 4.69) is 42.3 Å². The van der Waals surface area contributed by atoms with Crippen molar-refractivity contribution in [2.24, 2.45) is 5.92 Å². The number of aryl methyl sites for hydroxylation is 2. The van der Waals surface area contributed by atoms with Crippen LogP contribution in [0.15, 0.2) is 48.5 Å². The molecule has 6 nitrogen and oxygen atoms in total. The Morgan fingerprint density at radius 2 is 1.91 bits per heavy atom. The number of fused-ring (bicyclic) bond motifs is 1. The lowest BCUT2D eigenvalue weighted by Gasteiger charge is -2.37. The zero-order valence-corrected chi connectivity index (χ0v) is 20.0. The maximum absolute atomic E-state index is 13.6. The number of hydrogen-bond acceptors (Lipinski definition) is 5. The molecule has 0 spiro atoms. The van der Waals surface area contributed by atoms with Crippen LogP contribution in [0.3, 0.4) is 0 Å². The van der Waals surface area contributed by atoms with Crippen LogP contribution in [0.2, 0.25) is 0 Å². The number of nitrogens with zero attached hydrogens (tertiary/aromatic N) is 2. The van der Waals surface area contributed by atoms with E-state index >= 15 is 0 Å². The molecule has 2 aliphatic rings. The number of rotatable bonds is 6. The summed E-state index contributed by atoms with van der Waals surface area (Å²) in [4.78, 5) is 20.9. The summed E-state index contributed by atoms with van der Waals surface area (Å²) >= 11 is 0. The topological polar surface area (TPSA) is 63.7 Å². The molecule has 3 aromatic rings. The van der Waals surface area contributed by atoms with Crippen LogP contribution in [-0.2, 0) is 9.47 Å². The van der Waals surface area contributed by atoms with Crippen LogP contribution in [-0.4, -0.2) is 67.9 Å². The Kier molecular flexibility index (Phi) is 6.90. The third kappa shape index (κ3) is 4.85. The first kappa shape index (κ1) is 23.0. The molecule has 178 valence electrons. The smallest absolute Gasteiger partial charge is 0.252 e. The Morgan fingerprint density at radius 1 is 1.09 bits per heavy atom. The fraction of sp³-hybridized carbons (Fsp3) is 0.429. The van der Waals surface area contributed by atoms with E-state index < -0.39 is 0 Å². The predicted octanol–water partition coefficient (Wildman–Crippen LogP) is 3.99. The van der Waals surface area contributed by atoms with Gasteiger partial charge < -0.3 is 14.8 Å². The first-order valence-electron chi connectivity index (χ1n) is 12.3. The number of carbonyl (C=O) groups excluding carboxylic acids is 1. The molecule has 2 atom stereocenters. The van der Waals surface area contributed by atoms with Crippen molar-refractivity contribution < 1.29 is 14.3 Å². The molecule has 0 unspecified atom stereocenters. The number of benzene rings is 2. The quantitative estimate of drug-likeness (QED) is 0.604. The maximum Gasteiger partial charge on any atom is 0.252 e. The highest BCUT2D eigenvalue weighted by molar-refractivity contribution is 6.07. The third-order valence-electron chi connectivity index (χ3n) is 7.11. The second-order valence-electron chi connectivity index (χ2n) is 9.44. The number of morpholine rings is 1. The van der Waals surface area contributed by atoms with Gasteiger partial charge in [-0.3, -0.25) is 9.69 Å². The number of nitrogens with one attached hydrogen (secondary N) is 1. The lowest BCUT2D eigenvalue weighted by Crippen LogP contribution is -2.52. The largest absolute Gasteiger partial charge is 0.381 e. The zero-order chi connectivity index (χ0) is 23.5. The van der Waals surface area contributed by atoms with Crippen molar-refractivity contribution in [3.63, 3.8) is 0 Å². The van der Waals surface area contributed by atoms with Crippen molar-refractivity contribution in [2.75, 3.05) is 46.1 Å². The average molecular weight is 460 g/mol. The van der Waals surface area contributed by atoms with Crippen LogP contribution in [0.4, 0.5) is 0 Å². The first-order valence-corrected chi connectivity index (χ1v) is 12.3. The molecular weight excluding hydrogens is 426 g/mol. The fourth-order valence-electron chi connectivity index (χ4n) is 5.25. The fourth-order valence-corrected chi connectivity index (χ4v) is 5.25. The molecule has 0 bridgehead atoms. The van der Waals surface area contributed by atoms with Crippen LogP contribution < -0.4 is 5.32 Å². The molecule has 6 heteroatoms. The van der Waals surface area contributed by atoms with Crippen LogP contribution in [0.5, 0.6) is 0 Å². The van der Waals surface area contributed by atoms with Crippen LogP contribution in [0.1, 0.15) is 27.9 Å². The maximum atomic E-state index is 13.6. The van der Waals surface area contributed by atoms with E-state index in [9.17, 15) is 4.79 Å². The van der Waals surface area contributed by atoms with E-state index in [4.69, 9.17) is 14.5 Å². The van der Waals surface area contributed by atoms with E-state index in [1.807, 2.05) is 30.3 Å². The average Bonchev–Trinajstić information content (AvgIpc) is 3.39. The summed E-state index contributed by atoms with van der Waals surface area (Å²) < 4.78 is 11.2. The summed E-state index contributed by atoms with van der Waals surface area (Å²) in [6.07, 6.45) is 1.03. The van der Waals surface area contributed by atoms with Gasteiger partial charge in [-0.2, -0.15) is 0 Å². The normalized spacial score (nSPS) is 19.9. The van der Waals surface area contributed by atoms with Crippen molar-refractivity contribution in [1.82, 2.24) is 15.2 Å². The summed E-state index contributed by atoms with van der Waals surface area (Å²) in [7, 11) is 0. The van der Waals surface area contributed by atoms with Gasteiger partial charge in [0.25, 0.3) is 5.91 Å². The molecule has 1 amide bonds. The highest BCUT2D eigenvalue weighted by atomic mass is 16.5. The number of amides is 1. The van der Waals surface area contributed by atoms with Gasteiger partial charge in [0.2, 0.25) is 0 Å². The van der Waals surface area contributed by atoms with Gasteiger partial charge in [0.15, 0.2) is 0 Å². The summed E-state index contributed by atoms with van der Waals surface area (Å²) in [5, 5.41) is 4.14. The number of pyridine rings is 1. The van der Waals surface area contributed by atoms with Crippen molar-refractivity contribution in [3.8, 4) is 11.3 Å². The van der Waals surface area contributed by atoms with Crippen molar-refractivity contribution in [3.05, 3.63) is 65.2 Å². The molecular formula is C28H33N3O3. The molecule has 34 heavy (non-hydrogen) atoms. The SMILES string of the molecule is Cc1ccc(-c2cc(C(=O)NC[C@H]([C@@H]3CCOC3)N3CCOCC3)c3ccccc3n2)c(C)c1. The lowest BCUT2D eigenvalue weighted by molar-refractivity contribution is 0.00167. The Morgan fingerprint density at radius 3 is 2.68 bits per heavy atom. The number of aromatic nitrogens is 1. The van der Waals surface area contributed by atoms with Gasteiger partial charge in [-0.15, -0.1) is 0 Å². The third-order valence-corrected chi connectivity index (χ3v) is 7.11. The highest BCUT2D eigenvalue weighted by Crippen LogP contribution is 2.28. The predicted molar refractivity (Wildman–Crippen MR) is 134 cm³/mol. The van der Waals surface area contributed by atoms with Gasteiger partial charge in [0.05, 0.1) is 36.6 Å². The standard InChI is InChI=1S/C28H33N3O3/c1-19-7-8-22(20(2)15-19)26-16-24(23-5-3-4-6-25(23)30-26)28(32)29-17-27(21-9-12-34-18-21)31-10-13-33-14-11-31/h3-8,15-16,21,27H,9-14,17-18H2,1-2H3,(H,29,32)/t21-,27-/m1/s1. The van der Waals surface area contributed by atoms with Gasteiger partial charge in [0, 0.05) is 49.2 Å². The summed E-state index contributed by atoms with van der Waals surface area (Å²) in [6.45, 7) is 9.61. The Bertz CT molecular complexity index is 1170. The van der Waals surface area contributed by atoms with Crippen molar-refractivity contribution in [2.45, 2.75) is 26.3 Å². The Balaban J connectivity index is 1.43. The number of ether oxygens (including phenoxy) is 2. The second-order valence-corrected chi connectivity index (χ2v) is 9.44.